The number of aromatic nitrogens is 1. The number of aliphatic carboxylic acids is 1. The highest BCUT2D eigenvalue weighted by Gasteiger charge is 2.29. The summed E-state index contributed by atoms with van der Waals surface area (Å²) in [6.45, 7) is 11.9. The molecule has 0 amide bonds. The van der Waals surface area contributed by atoms with Gasteiger partial charge >= 0.3 is 5.97 Å². The number of hydrogen-bond donors (Lipinski definition) is 3. The summed E-state index contributed by atoms with van der Waals surface area (Å²) in [6.07, 6.45) is 6.37. The van der Waals surface area contributed by atoms with Gasteiger partial charge in [-0.3, -0.25) is 14.7 Å². The van der Waals surface area contributed by atoms with Crippen molar-refractivity contribution in [2.45, 2.75) is 79.2 Å². The Morgan fingerprint density at radius 1 is 0.981 bits per heavy atom. The number of carbonyl (C=O) groups is 1. The van der Waals surface area contributed by atoms with Crippen molar-refractivity contribution >= 4 is 17.6 Å². The summed E-state index contributed by atoms with van der Waals surface area (Å²) in [7, 11) is 0. The predicted octanol–water partition coefficient (Wildman–Crippen LogP) is 7.86. The predicted molar refractivity (Wildman–Crippen MR) is 210 cm³/mol. The molecule has 3 N–H and O–H groups in total. The highest BCUT2D eigenvalue weighted by Crippen LogP contribution is 2.37. The number of pyridine rings is 1. The first-order valence-electron chi connectivity index (χ1n) is 18.5. The minimum Gasteiger partial charge on any atom is -0.493 e. The number of carboxylic acid groups (broad SMARTS) is 1. The van der Waals surface area contributed by atoms with Crippen LogP contribution in [0.25, 0.3) is 11.1 Å². The Bertz CT molecular complexity index is 1940. The first kappa shape index (κ1) is 40.5. The maximum atomic E-state index is 12.1. The monoisotopic (exact) mass is 754 g/mol. The number of nitrogens with one attached hydrogen (secondary N) is 1. The van der Waals surface area contributed by atoms with Gasteiger partial charge in [-0.05, 0) is 92.2 Å². The van der Waals surface area contributed by atoms with Crippen molar-refractivity contribution in [3.63, 3.8) is 0 Å². The highest BCUT2D eigenvalue weighted by atomic mass is 35.5. The van der Waals surface area contributed by atoms with Crippen molar-refractivity contribution in [3.8, 4) is 34.4 Å². The molecule has 3 aromatic carbocycles. The Morgan fingerprint density at radius 2 is 1.74 bits per heavy atom. The number of nitrogens with zero attached hydrogens (tertiary/aromatic N) is 3. The first-order chi connectivity index (χ1) is 26.0. The lowest BCUT2D eigenvalue weighted by atomic mass is 9.93. The van der Waals surface area contributed by atoms with Gasteiger partial charge in [-0.1, -0.05) is 62.2 Å². The van der Waals surface area contributed by atoms with E-state index in [2.05, 4.69) is 42.4 Å². The van der Waals surface area contributed by atoms with Crippen LogP contribution in [0, 0.1) is 30.6 Å². The molecular formula is C43H51ClN4O6. The summed E-state index contributed by atoms with van der Waals surface area (Å²) in [5.41, 5.74) is 7.06. The van der Waals surface area contributed by atoms with Gasteiger partial charge < -0.3 is 29.7 Å². The van der Waals surface area contributed by atoms with Gasteiger partial charge in [0.1, 0.15) is 42.6 Å². The van der Waals surface area contributed by atoms with E-state index in [0.29, 0.717) is 48.2 Å². The number of nitriles is 1. The van der Waals surface area contributed by atoms with E-state index in [1.807, 2.05) is 43.0 Å². The summed E-state index contributed by atoms with van der Waals surface area (Å²) < 4.78 is 18.9. The number of ether oxygens (including phenoxy) is 3. The summed E-state index contributed by atoms with van der Waals surface area (Å²) in [5, 5.41) is 32.5. The van der Waals surface area contributed by atoms with E-state index in [1.165, 1.54) is 6.20 Å². The molecule has 1 atom stereocenters. The van der Waals surface area contributed by atoms with E-state index < -0.39 is 12.0 Å². The summed E-state index contributed by atoms with van der Waals surface area (Å²) in [6, 6.07) is 19.1. The van der Waals surface area contributed by atoms with Crippen LogP contribution in [0.5, 0.6) is 17.2 Å². The molecule has 2 heterocycles. The average molecular weight is 755 g/mol. The third kappa shape index (κ3) is 10.7. The number of hydrogen-bond acceptors (Lipinski definition) is 9. The molecule has 0 aliphatic carbocycles. The molecule has 11 heteroatoms. The SMILES string of the molecule is Cc1c(COc2cc(OCc3cncc(C#N)c3)c(CN3CCCC[C@H]3C(=O)O)cc2Cl)cccc1-c1cccc(OCCCNCC(C)(C)CO)c1C. The largest absolute Gasteiger partial charge is 0.493 e. The van der Waals surface area contributed by atoms with Gasteiger partial charge in [-0.25, -0.2) is 0 Å². The van der Waals surface area contributed by atoms with Gasteiger partial charge in [0.25, 0.3) is 0 Å². The van der Waals surface area contributed by atoms with Crippen LogP contribution in [0.15, 0.2) is 67.0 Å². The number of carboxylic acids is 1. The van der Waals surface area contributed by atoms with Gasteiger partial charge in [0, 0.05) is 54.7 Å². The van der Waals surface area contributed by atoms with Crippen LogP contribution in [-0.2, 0) is 24.6 Å². The number of halogens is 1. The lowest BCUT2D eigenvalue weighted by Gasteiger charge is -2.33. The van der Waals surface area contributed by atoms with Crippen molar-refractivity contribution < 1.29 is 29.2 Å². The number of likely N-dealkylation sites (tertiary alicyclic amines) is 1. The fraction of sp³-hybridized carbons (Fsp3) is 0.419. The molecule has 1 aliphatic rings. The van der Waals surface area contributed by atoms with E-state index >= 15 is 0 Å². The normalized spacial score (nSPS) is 14.7. The maximum Gasteiger partial charge on any atom is 0.320 e. The molecule has 5 rings (SSSR count). The quantitative estimate of drug-likeness (QED) is 0.0861. The van der Waals surface area contributed by atoms with Crippen LogP contribution < -0.4 is 19.5 Å². The van der Waals surface area contributed by atoms with Gasteiger partial charge in [-0.15, -0.1) is 0 Å². The number of benzene rings is 3. The number of aliphatic hydroxyl groups excluding tert-OH is 1. The molecule has 286 valence electrons. The van der Waals surface area contributed by atoms with Crippen molar-refractivity contribution in [1.82, 2.24) is 15.2 Å². The molecule has 0 radical (unpaired) electrons. The molecule has 0 saturated carbocycles. The van der Waals surface area contributed by atoms with Gasteiger partial charge in [0.2, 0.25) is 0 Å². The Labute approximate surface area is 323 Å². The fourth-order valence-corrected chi connectivity index (χ4v) is 6.86. The minimum atomic E-state index is -0.835. The van der Waals surface area contributed by atoms with Gasteiger partial charge in [-0.2, -0.15) is 5.26 Å². The Morgan fingerprint density at radius 3 is 2.50 bits per heavy atom. The van der Waals surface area contributed by atoms with E-state index in [-0.39, 0.29) is 25.2 Å². The fourth-order valence-electron chi connectivity index (χ4n) is 6.62. The van der Waals surface area contributed by atoms with Crippen LogP contribution in [0.3, 0.4) is 0 Å². The number of piperidine rings is 1. The summed E-state index contributed by atoms with van der Waals surface area (Å²) in [5.74, 6) is 0.975. The molecule has 0 spiro atoms. The third-order valence-electron chi connectivity index (χ3n) is 9.90. The van der Waals surface area contributed by atoms with E-state index in [0.717, 1.165) is 77.0 Å². The van der Waals surface area contributed by atoms with Crippen molar-refractivity contribution in [3.05, 3.63) is 105 Å². The smallest absolute Gasteiger partial charge is 0.320 e. The lowest BCUT2D eigenvalue weighted by molar-refractivity contribution is -0.144. The maximum absolute atomic E-state index is 12.1. The second-order valence-electron chi connectivity index (χ2n) is 14.7. The Balaban J connectivity index is 1.32. The van der Waals surface area contributed by atoms with Crippen molar-refractivity contribution in [1.29, 1.82) is 5.26 Å². The molecule has 1 aliphatic heterocycles. The molecule has 1 aromatic heterocycles. The third-order valence-corrected chi connectivity index (χ3v) is 10.2. The van der Waals surface area contributed by atoms with Crippen LogP contribution in [0.1, 0.15) is 72.9 Å². The molecule has 1 saturated heterocycles. The van der Waals surface area contributed by atoms with E-state index in [9.17, 15) is 20.3 Å². The van der Waals surface area contributed by atoms with E-state index in [4.69, 9.17) is 25.8 Å². The average Bonchev–Trinajstić information content (AvgIpc) is 3.16. The van der Waals surface area contributed by atoms with E-state index in [1.54, 1.807) is 24.4 Å². The molecule has 4 aromatic rings. The summed E-state index contributed by atoms with van der Waals surface area (Å²) >= 11 is 6.85. The van der Waals surface area contributed by atoms with Crippen LogP contribution in [0.2, 0.25) is 5.02 Å². The molecule has 0 unspecified atom stereocenters. The van der Waals surface area contributed by atoms with Crippen LogP contribution >= 0.6 is 11.6 Å². The zero-order valence-electron chi connectivity index (χ0n) is 31.7. The Hall–Kier alpha value is -4.66. The summed E-state index contributed by atoms with van der Waals surface area (Å²) in [4.78, 5) is 18.2. The van der Waals surface area contributed by atoms with Crippen molar-refractivity contribution in [2.24, 2.45) is 5.41 Å². The first-order valence-corrected chi connectivity index (χ1v) is 18.9. The van der Waals surface area contributed by atoms with Gasteiger partial charge in [0.15, 0.2) is 0 Å². The molecule has 1 fully saturated rings. The topological polar surface area (TPSA) is 137 Å². The van der Waals surface area contributed by atoms with Crippen LogP contribution in [0.4, 0.5) is 0 Å². The zero-order valence-corrected chi connectivity index (χ0v) is 32.4. The molecular weight excluding hydrogens is 704 g/mol. The molecule has 54 heavy (non-hydrogen) atoms. The van der Waals surface area contributed by atoms with Crippen molar-refractivity contribution in [2.75, 3.05) is 32.8 Å². The Kier molecular flexibility index (Phi) is 14.3. The highest BCUT2D eigenvalue weighted by molar-refractivity contribution is 6.32. The standard InChI is InChI=1S/C43H51ClN4O6/c1-29-33(10-7-11-35(29)36-12-8-14-39(30(36)2)52-17-9-15-46-27-43(3,4)28-49)26-54-41-20-40(53-25-32-18-31(21-45)22-47-23-32)34(19-37(41)44)24-48-16-6-5-13-38(48)42(50)51/h7-8,10-12,14,18-20,22-23,38,46,49H,5-6,9,13,15-17,24-28H2,1-4H3,(H,50,51)/t38-/m0/s1. The van der Waals surface area contributed by atoms with Gasteiger partial charge in [0.05, 0.1) is 17.2 Å². The molecule has 0 bridgehead atoms. The second-order valence-corrected chi connectivity index (χ2v) is 15.1. The minimum absolute atomic E-state index is 0.141. The number of rotatable bonds is 18. The van der Waals surface area contributed by atoms with Crippen LogP contribution in [-0.4, -0.2) is 65.0 Å². The number of aliphatic hydroxyl groups is 1. The lowest BCUT2D eigenvalue weighted by Crippen LogP contribution is -2.44. The second kappa shape index (κ2) is 19.1. The molecule has 10 nitrogen and oxygen atoms in total. The zero-order chi connectivity index (χ0) is 38.7.